The van der Waals surface area contributed by atoms with Gasteiger partial charge in [-0.3, -0.25) is 14.5 Å². The van der Waals surface area contributed by atoms with Crippen molar-refractivity contribution in [3.05, 3.63) is 0 Å². The molecule has 0 radical (unpaired) electrons. The van der Waals surface area contributed by atoms with Crippen molar-refractivity contribution in [1.29, 1.82) is 0 Å². The summed E-state index contributed by atoms with van der Waals surface area (Å²) in [5.74, 6) is 1.16. The van der Waals surface area contributed by atoms with Crippen LogP contribution in [0.5, 0.6) is 0 Å². The van der Waals surface area contributed by atoms with Crippen LogP contribution in [0.4, 0.5) is 4.79 Å². The zero-order valence-electron chi connectivity index (χ0n) is 11.5. The number of carbonyl (C=O) groups excluding carboxylic acids is 3. The Kier molecular flexibility index (Phi) is 3.63. The van der Waals surface area contributed by atoms with E-state index in [0.29, 0.717) is 31.3 Å². The Hall–Kier alpha value is -1.59. The number of urea groups is 1. The van der Waals surface area contributed by atoms with Crippen molar-refractivity contribution >= 4 is 17.9 Å². The minimum atomic E-state index is -0.443. The summed E-state index contributed by atoms with van der Waals surface area (Å²) < 4.78 is 5.02. The lowest BCUT2D eigenvalue weighted by molar-refractivity contribution is -0.151. The molecule has 3 amide bonds. The first kappa shape index (κ1) is 13.4. The molecule has 3 aliphatic rings. The fraction of sp³-hybridized carbons (Fsp3) is 0.786. The van der Waals surface area contributed by atoms with E-state index in [0.717, 1.165) is 17.2 Å². The molecule has 6 heteroatoms. The van der Waals surface area contributed by atoms with Gasteiger partial charge in [0, 0.05) is 19.5 Å². The first-order valence-corrected chi connectivity index (χ1v) is 7.37. The molecule has 20 heavy (non-hydrogen) atoms. The maximum Gasteiger partial charge on any atom is 0.324 e. The van der Waals surface area contributed by atoms with E-state index in [1.54, 1.807) is 0 Å². The van der Waals surface area contributed by atoms with Crippen molar-refractivity contribution in [2.24, 2.45) is 17.8 Å². The summed E-state index contributed by atoms with van der Waals surface area (Å²) in [6.45, 7) is 0.484. The largest absolute Gasteiger partial charge is 0.456 e. The SMILES string of the molecule is O=C(C[C@H]1C[C@@H]2CC[C@H]1C2)OCC(=O)N1CCNC1=O. The maximum absolute atomic E-state index is 11.8. The average molecular weight is 280 g/mol. The zero-order chi connectivity index (χ0) is 14.1. The molecular formula is C14H20N2O4. The van der Waals surface area contributed by atoms with E-state index in [2.05, 4.69) is 5.32 Å². The zero-order valence-corrected chi connectivity index (χ0v) is 11.5. The summed E-state index contributed by atoms with van der Waals surface area (Å²) in [6, 6.07) is -0.404. The molecule has 0 aromatic heterocycles. The van der Waals surface area contributed by atoms with Crippen LogP contribution in [-0.2, 0) is 14.3 Å². The fourth-order valence-electron chi connectivity index (χ4n) is 3.83. The van der Waals surface area contributed by atoms with Crippen molar-refractivity contribution in [3.63, 3.8) is 0 Å². The second-order valence-corrected chi connectivity index (χ2v) is 6.08. The predicted molar refractivity (Wildman–Crippen MR) is 69.6 cm³/mol. The molecular weight excluding hydrogens is 260 g/mol. The van der Waals surface area contributed by atoms with Crippen LogP contribution >= 0.6 is 0 Å². The topological polar surface area (TPSA) is 75.7 Å². The Bertz CT molecular complexity index is 437. The van der Waals surface area contributed by atoms with Crippen molar-refractivity contribution in [2.75, 3.05) is 19.7 Å². The highest BCUT2D eigenvalue weighted by Gasteiger charge is 2.40. The maximum atomic E-state index is 11.8. The molecule has 110 valence electrons. The highest BCUT2D eigenvalue weighted by molar-refractivity contribution is 5.96. The Morgan fingerprint density at radius 2 is 2.15 bits per heavy atom. The van der Waals surface area contributed by atoms with E-state index in [9.17, 15) is 14.4 Å². The Labute approximate surface area is 117 Å². The summed E-state index contributed by atoms with van der Waals surface area (Å²) in [4.78, 5) is 35.9. The molecule has 0 spiro atoms. The van der Waals surface area contributed by atoms with Gasteiger partial charge in [-0.25, -0.2) is 4.79 Å². The lowest BCUT2D eigenvalue weighted by atomic mass is 9.86. The van der Waals surface area contributed by atoms with E-state index in [-0.39, 0.29) is 12.6 Å². The van der Waals surface area contributed by atoms with Crippen molar-refractivity contribution in [3.8, 4) is 0 Å². The van der Waals surface area contributed by atoms with Gasteiger partial charge in [-0.1, -0.05) is 6.42 Å². The summed E-state index contributed by atoms with van der Waals surface area (Å²) in [5.41, 5.74) is 0. The lowest BCUT2D eigenvalue weighted by Gasteiger charge is -2.20. The van der Waals surface area contributed by atoms with Gasteiger partial charge < -0.3 is 10.1 Å². The van der Waals surface area contributed by atoms with Gasteiger partial charge >= 0.3 is 12.0 Å². The highest BCUT2D eigenvalue weighted by atomic mass is 16.5. The monoisotopic (exact) mass is 280 g/mol. The van der Waals surface area contributed by atoms with Gasteiger partial charge in [0.05, 0.1) is 0 Å². The average Bonchev–Trinajstić information content (AvgIpc) is 3.12. The molecule has 0 aromatic rings. The van der Waals surface area contributed by atoms with Gasteiger partial charge in [-0.15, -0.1) is 0 Å². The quantitative estimate of drug-likeness (QED) is 0.777. The predicted octanol–water partition coefficient (Wildman–Crippen LogP) is 0.908. The third-order valence-electron chi connectivity index (χ3n) is 4.83. The summed E-state index contributed by atoms with van der Waals surface area (Å²) in [6.07, 6.45) is 5.34. The van der Waals surface area contributed by atoms with E-state index in [1.165, 1.54) is 19.3 Å². The summed E-state index contributed by atoms with van der Waals surface area (Å²) in [7, 11) is 0. The molecule has 3 rings (SSSR count). The number of hydrogen-bond acceptors (Lipinski definition) is 4. The van der Waals surface area contributed by atoms with E-state index in [4.69, 9.17) is 4.74 Å². The molecule has 1 N–H and O–H groups in total. The Morgan fingerprint density at radius 3 is 2.75 bits per heavy atom. The first-order valence-electron chi connectivity index (χ1n) is 7.37. The first-order chi connectivity index (χ1) is 9.63. The van der Waals surface area contributed by atoms with Crippen molar-refractivity contribution < 1.29 is 19.1 Å². The molecule has 3 fully saturated rings. The molecule has 2 bridgehead atoms. The Morgan fingerprint density at radius 1 is 1.30 bits per heavy atom. The normalized spacial score (nSPS) is 31.5. The number of imide groups is 1. The van der Waals surface area contributed by atoms with Crippen LogP contribution in [-0.4, -0.2) is 42.5 Å². The van der Waals surface area contributed by atoms with Gasteiger partial charge in [0.2, 0.25) is 0 Å². The minimum absolute atomic E-state index is 0.310. The van der Waals surface area contributed by atoms with Crippen molar-refractivity contribution in [1.82, 2.24) is 10.2 Å². The third-order valence-corrected chi connectivity index (χ3v) is 4.83. The minimum Gasteiger partial charge on any atom is -0.456 e. The summed E-state index contributed by atoms with van der Waals surface area (Å²) in [5, 5.41) is 2.54. The van der Waals surface area contributed by atoms with Crippen LogP contribution < -0.4 is 5.32 Å². The number of nitrogens with one attached hydrogen (secondary N) is 1. The number of amides is 3. The van der Waals surface area contributed by atoms with Gasteiger partial charge in [-0.2, -0.15) is 0 Å². The van der Waals surface area contributed by atoms with Crippen LogP contribution in [0.1, 0.15) is 32.1 Å². The molecule has 1 aliphatic heterocycles. The Balaban J connectivity index is 1.41. The molecule has 0 unspecified atom stereocenters. The number of ether oxygens (including phenoxy) is 1. The van der Waals surface area contributed by atoms with Crippen LogP contribution in [0.2, 0.25) is 0 Å². The van der Waals surface area contributed by atoms with E-state index in [1.807, 2.05) is 0 Å². The third kappa shape index (κ3) is 2.64. The number of nitrogens with zero attached hydrogens (tertiary/aromatic N) is 1. The standard InChI is InChI=1S/C14H20N2O4/c17-12(16-4-3-15-14(16)19)8-20-13(18)7-11-6-9-1-2-10(11)5-9/h9-11H,1-8H2,(H,15,19)/t9-,10+,11-/m1/s1. The molecule has 1 heterocycles. The van der Waals surface area contributed by atoms with Gasteiger partial charge in [-0.05, 0) is 37.0 Å². The summed E-state index contributed by atoms with van der Waals surface area (Å²) >= 11 is 0. The lowest BCUT2D eigenvalue weighted by Crippen LogP contribution is -2.37. The van der Waals surface area contributed by atoms with Crippen molar-refractivity contribution in [2.45, 2.75) is 32.1 Å². The van der Waals surface area contributed by atoms with E-state index >= 15 is 0 Å². The van der Waals surface area contributed by atoms with Gasteiger partial charge in [0.25, 0.3) is 5.91 Å². The van der Waals surface area contributed by atoms with E-state index < -0.39 is 11.9 Å². The van der Waals surface area contributed by atoms with Gasteiger partial charge in [0.15, 0.2) is 6.61 Å². The van der Waals surface area contributed by atoms with Crippen LogP contribution in [0.3, 0.4) is 0 Å². The van der Waals surface area contributed by atoms with Crippen LogP contribution in [0, 0.1) is 17.8 Å². The molecule has 3 atom stereocenters. The second kappa shape index (κ2) is 5.42. The molecule has 2 aliphatic carbocycles. The highest BCUT2D eigenvalue weighted by Crippen LogP contribution is 2.49. The number of hydrogen-bond donors (Lipinski definition) is 1. The molecule has 0 aromatic carbocycles. The fourth-order valence-corrected chi connectivity index (χ4v) is 3.83. The molecule has 6 nitrogen and oxygen atoms in total. The number of esters is 1. The molecule has 2 saturated carbocycles. The molecule has 1 saturated heterocycles. The van der Waals surface area contributed by atoms with Crippen LogP contribution in [0.25, 0.3) is 0 Å². The second-order valence-electron chi connectivity index (χ2n) is 6.08. The van der Waals surface area contributed by atoms with Crippen LogP contribution in [0.15, 0.2) is 0 Å². The number of fused-ring (bicyclic) bond motifs is 2. The van der Waals surface area contributed by atoms with Gasteiger partial charge in [0.1, 0.15) is 0 Å². The number of rotatable bonds is 4. The smallest absolute Gasteiger partial charge is 0.324 e. The number of carbonyl (C=O) groups is 3.